The van der Waals surface area contributed by atoms with Gasteiger partial charge in [-0.1, -0.05) is 74.7 Å². The maximum Gasteiger partial charge on any atom is 0.162 e. The fourth-order valence-corrected chi connectivity index (χ4v) is 4.45. The Kier molecular flexibility index (Phi) is 6.75. The van der Waals surface area contributed by atoms with Crippen LogP contribution >= 0.6 is 0 Å². The van der Waals surface area contributed by atoms with Crippen molar-refractivity contribution < 1.29 is 14.3 Å². The molecule has 0 radical (unpaired) electrons. The van der Waals surface area contributed by atoms with Crippen molar-refractivity contribution >= 4 is 27.3 Å². The van der Waals surface area contributed by atoms with E-state index in [9.17, 15) is 4.79 Å². The SMILES string of the molecule is CCCCCCC(=O)c1ccc2c(-c3c(OC)ccc4ccccc34)c(OC)ccc2c1. The van der Waals surface area contributed by atoms with E-state index in [0.29, 0.717) is 6.42 Å². The molecule has 4 rings (SSSR count). The average molecular weight is 427 g/mol. The van der Waals surface area contributed by atoms with Crippen LogP contribution in [-0.4, -0.2) is 20.0 Å². The minimum absolute atomic E-state index is 0.211. The van der Waals surface area contributed by atoms with Crippen LogP contribution in [0, 0.1) is 0 Å². The molecule has 0 aromatic heterocycles. The van der Waals surface area contributed by atoms with E-state index in [-0.39, 0.29) is 5.78 Å². The quantitative estimate of drug-likeness (QED) is 0.202. The zero-order chi connectivity index (χ0) is 22.5. The van der Waals surface area contributed by atoms with Crippen molar-refractivity contribution in [1.82, 2.24) is 0 Å². The zero-order valence-corrected chi connectivity index (χ0v) is 19.1. The van der Waals surface area contributed by atoms with Gasteiger partial charge in [0.1, 0.15) is 11.5 Å². The van der Waals surface area contributed by atoms with E-state index in [1.54, 1.807) is 14.2 Å². The molecule has 0 bridgehead atoms. The van der Waals surface area contributed by atoms with E-state index in [4.69, 9.17) is 9.47 Å². The topological polar surface area (TPSA) is 35.5 Å². The second-order valence-corrected chi connectivity index (χ2v) is 8.18. The minimum atomic E-state index is 0.211. The predicted octanol–water partition coefficient (Wildman–Crippen LogP) is 7.83. The van der Waals surface area contributed by atoms with E-state index in [2.05, 4.69) is 25.1 Å². The molecule has 3 heteroatoms. The van der Waals surface area contributed by atoms with Gasteiger partial charge in [0, 0.05) is 23.1 Å². The number of rotatable bonds is 9. The lowest BCUT2D eigenvalue weighted by molar-refractivity contribution is 0.0979. The van der Waals surface area contributed by atoms with Crippen LogP contribution in [0.25, 0.3) is 32.7 Å². The molecular weight excluding hydrogens is 396 g/mol. The van der Waals surface area contributed by atoms with Crippen molar-refractivity contribution in [2.24, 2.45) is 0 Å². The summed E-state index contributed by atoms with van der Waals surface area (Å²) >= 11 is 0. The summed E-state index contributed by atoms with van der Waals surface area (Å²) in [5, 5.41) is 4.31. The first-order valence-electron chi connectivity index (χ1n) is 11.4. The maximum absolute atomic E-state index is 12.8. The number of hydrogen-bond donors (Lipinski definition) is 0. The number of carbonyl (C=O) groups excluding carboxylic acids is 1. The van der Waals surface area contributed by atoms with Crippen LogP contribution in [0.2, 0.25) is 0 Å². The van der Waals surface area contributed by atoms with Crippen LogP contribution in [0.4, 0.5) is 0 Å². The summed E-state index contributed by atoms with van der Waals surface area (Å²) in [5.74, 6) is 1.79. The molecule has 0 atom stereocenters. The summed E-state index contributed by atoms with van der Waals surface area (Å²) in [7, 11) is 3.39. The Labute approximate surface area is 190 Å². The normalized spacial score (nSPS) is 11.1. The van der Waals surface area contributed by atoms with Crippen molar-refractivity contribution in [3.63, 3.8) is 0 Å². The fourth-order valence-electron chi connectivity index (χ4n) is 4.45. The molecule has 0 aliphatic carbocycles. The van der Waals surface area contributed by atoms with Gasteiger partial charge in [0.25, 0.3) is 0 Å². The van der Waals surface area contributed by atoms with Crippen LogP contribution in [0.1, 0.15) is 49.4 Å². The summed E-state index contributed by atoms with van der Waals surface area (Å²) in [4.78, 5) is 12.8. The molecular formula is C29H30O3. The summed E-state index contributed by atoms with van der Waals surface area (Å²) in [6.45, 7) is 2.18. The monoisotopic (exact) mass is 426 g/mol. The first-order valence-corrected chi connectivity index (χ1v) is 11.4. The molecule has 0 saturated carbocycles. The maximum atomic E-state index is 12.8. The van der Waals surface area contributed by atoms with Gasteiger partial charge in [0.2, 0.25) is 0 Å². The Morgan fingerprint density at radius 1 is 0.719 bits per heavy atom. The van der Waals surface area contributed by atoms with Crippen LogP contribution < -0.4 is 9.47 Å². The van der Waals surface area contributed by atoms with E-state index < -0.39 is 0 Å². The van der Waals surface area contributed by atoms with E-state index in [1.165, 1.54) is 12.8 Å². The van der Waals surface area contributed by atoms with Gasteiger partial charge in [-0.25, -0.2) is 0 Å². The van der Waals surface area contributed by atoms with Crippen LogP contribution in [0.5, 0.6) is 11.5 Å². The van der Waals surface area contributed by atoms with Crippen molar-refractivity contribution in [2.75, 3.05) is 14.2 Å². The highest BCUT2D eigenvalue weighted by Gasteiger charge is 2.19. The molecule has 164 valence electrons. The van der Waals surface area contributed by atoms with Gasteiger partial charge in [-0.05, 0) is 46.2 Å². The molecule has 0 heterocycles. The Balaban J connectivity index is 1.86. The number of unbranched alkanes of at least 4 members (excludes halogenated alkanes) is 3. The Bertz CT molecular complexity index is 1260. The van der Waals surface area contributed by atoms with Crippen molar-refractivity contribution in [3.8, 4) is 22.6 Å². The molecule has 32 heavy (non-hydrogen) atoms. The molecule has 0 amide bonds. The smallest absolute Gasteiger partial charge is 0.162 e. The van der Waals surface area contributed by atoms with Crippen molar-refractivity contribution in [2.45, 2.75) is 39.0 Å². The molecule has 0 aliphatic heterocycles. The third kappa shape index (κ3) is 4.20. The van der Waals surface area contributed by atoms with Gasteiger partial charge in [-0.3, -0.25) is 4.79 Å². The Hall–Kier alpha value is -3.33. The van der Waals surface area contributed by atoms with Gasteiger partial charge in [-0.2, -0.15) is 0 Å². The minimum Gasteiger partial charge on any atom is -0.496 e. The highest BCUT2D eigenvalue weighted by atomic mass is 16.5. The van der Waals surface area contributed by atoms with Crippen molar-refractivity contribution in [1.29, 1.82) is 0 Å². The number of hydrogen-bond acceptors (Lipinski definition) is 3. The second-order valence-electron chi connectivity index (χ2n) is 8.18. The van der Waals surface area contributed by atoms with Gasteiger partial charge < -0.3 is 9.47 Å². The van der Waals surface area contributed by atoms with Crippen molar-refractivity contribution in [3.05, 3.63) is 72.3 Å². The van der Waals surface area contributed by atoms with Crippen LogP contribution in [0.3, 0.4) is 0 Å². The van der Waals surface area contributed by atoms with E-state index in [0.717, 1.165) is 62.6 Å². The number of ether oxygens (including phenoxy) is 2. The first-order chi connectivity index (χ1) is 15.7. The zero-order valence-electron chi connectivity index (χ0n) is 19.1. The molecule has 4 aromatic carbocycles. The van der Waals surface area contributed by atoms with E-state index in [1.807, 2.05) is 48.5 Å². The highest BCUT2D eigenvalue weighted by molar-refractivity contribution is 6.11. The van der Waals surface area contributed by atoms with Gasteiger partial charge in [0.15, 0.2) is 5.78 Å². The molecule has 0 aliphatic rings. The number of methoxy groups -OCH3 is 2. The number of ketones is 1. The lowest BCUT2D eigenvalue weighted by atomic mass is 9.91. The fraction of sp³-hybridized carbons (Fsp3) is 0.276. The Morgan fingerprint density at radius 2 is 1.38 bits per heavy atom. The predicted molar refractivity (Wildman–Crippen MR) is 133 cm³/mol. The van der Waals surface area contributed by atoms with Crippen LogP contribution in [0.15, 0.2) is 66.7 Å². The summed E-state index contributed by atoms with van der Waals surface area (Å²) in [6.07, 6.45) is 5.02. The molecule has 3 nitrogen and oxygen atoms in total. The first kappa shape index (κ1) is 21.9. The van der Waals surface area contributed by atoms with E-state index >= 15 is 0 Å². The van der Waals surface area contributed by atoms with Gasteiger partial charge in [-0.15, -0.1) is 0 Å². The van der Waals surface area contributed by atoms with Gasteiger partial charge in [0.05, 0.1) is 14.2 Å². The molecule has 0 N–H and O–H groups in total. The highest BCUT2D eigenvalue weighted by Crippen LogP contribution is 2.45. The third-order valence-electron chi connectivity index (χ3n) is 6.14. The lowest BCUT2D eigenvalue weighted by Gasteiger charge is -2.18. The number of benzene rings is 4. The molecule has 0 fully saturated rings. The number of carbonyl (C=O) groups is 1. The largest absolute Gasteiger partial charge is 0.496 e. The third-order valence-corrected chi connectivity index (χ3v) is 6.14. The summed E-state index contributed by atoms with van der Waals surface area (Å²) in [5.41, 5.74) is 2.77. The number of fused-ring (bicyclic) bond motifs is 2. The summed E-state index contributed by atoms with van der Waals surface area (Å²) < 4.78 is 11.6. The molecule has 4 aromatic rings. The van der Waals surface area contributed by atoms with Crippen LogP contribution in [-0.2, 0) is 0 Å². The molecule has 0 spiro atoms. The lowest BCUT2D eigenvalue weighted by Crippen LogP contribution is -2.00. The second kappa shape index (κ2) is 9.86. The molecule has 0 unspecified atom stereocenters. The number of Topliss-reactive ketones (excluding diaryl/α,β-unsaturated/α-hetero) is 1. The van der Waals surface area contributed by atoms with Gasteiger partial charge >= 0.3 is 0 Å². The standard InChI is InChI=1S/C29H30O3/c1-4-5-6-7-12-25(30)22-13-16-24-21(19-22)15-18-27(32-3)29(24)28-23-11-9-8-10-20(23)14-17-26(28)31-2/h8-11,13-19H,4-7,12H2,1-3H3. The Morgan fingerprint density at radius 3 is 2.06 bits per heavy atom. The average Bonchev–Trinajstić information content (AvgIpc) is 2.84. The molecule has 0 saturated heterocycles. The summed E-state index contributed by atoms with van der Waals surface area (Å²) in [6, 6.07) is 22.4.